The van der Waals surface area contributed by atoms with Gasteiger partial charge in [0.15, 0.2) is 11.2 Å². The molecule has 0 bridgehead atoms. The Bertz CT molecular complexity index is 1250. The molecule has 0 saturated heterocycles. The minimum Gasteiger partial charge on any atom is -0.462 e. The average Bonchev–Trinajstić information content (AvgIpc) is 2.98. The number of hydrogen-bond acceptors (Lipinski definition) is 9. The van der Waals surface area contributed by atoms with E-state index in [2.05, 4.69) is 0 Å². The third kappa shape index (κ3) is 2.78. The standard InChI is InChI=1S/C21H19N3O8/c1-2-30-19(28)15-18(23)32-16-13(26)7-10(9-25)31-17(16)21(15)11-5-3-4-6-12(11)24(20(21)29)8-14(22)27/h3-7,25H,2,8-9,23H2,1H3,(H2,22,27)/t21-/m1/s1. The van der Waals surface area contributed by atoms with Crippen molar-refractivity contribution in [3.8, 4) is 5.75 Å². The van der Waals surface area contributed by atoms with Crippen LogP contribution in [0.15, 0.2) is 51.0 Å². The Hall–Kier alpha value is -4.12. The number of para-hydroxylation sites is 1. The maximum atomic E-state index is 14.0. The molecule has 2 aliphatic rings. The number of amides is 2. The molecular formula is C21H19N3O8. The summed E-state index contributed by atoms with van der Waals surface area (Å²) < 4.78 is 16.3. The molecule has 1 aromatic carbocycles. The Kier molecular flexibility index (Phi) is 4.97. The van der Waals surface area contributed by atoms with Crippen LogP contribution in [-0.4, -0.2) is 36.0 Å². The number of aliphatic hydroxyl groups excluding tert-OH is 1. The highest BCUT2D eigenvalue weighted by molar-refractivity contribution is 6.19. The predicted octanol–water partition coefficient (Wildman–Crippen LogP) is -0.624. The summed E-state index contributed by atoms with van der Waals surface area (Å²) in [5.74, 6) is -4.06. The number of primary amides is 1. The smallest absolute Gasteiger partial charge is 0.341 e. The first-order chi connectivity index (χ1) is 15.3. The summed E-state index contributed by atoms with van der Waals surface area (Å²) in [6.45, 7) is 0.355. The van der Waals surface area contributed by atoms with Crippen molar-refractivity contribution in [2.75, 3.05) is 18.1 Å². The Balaban J connectivity index is 2.15. The molecule has 0 aliphatic carbocycles. The van der Waals surface area contributed by atoms with E-state index in [0.717, 1.165) is 11.0 Å². The normalized spacial score (nSPS) is 18.9. The zero-order valence-electron chi connectivity index (χ0n) is 16.9. The maximum Gasteiger partial charge on any atom is 0.341 e. The molecule has 2 aromatic rings. The highest BCUT2D eigenvalue weighted by Crippen LogP contribution is 2.55. The lowest BCUT2D eigenvalue weighted by Crippen LogP contribution is -2.50. The van der Waals surface area contributed by atoms with Gasteiger partial charge in [0.05, 0.1) is 6.61 Å². The molecule has 2 aliphatic heterocycles. The molecule has 0 fully saturated rings. The van der Waals surface area contributed by atoms with Crippen LogP contribution in [0.2, 0.25) is 0 Å². The van der Waals surface area contributed by atoms with E-state index in [-0.39, 0.29) is 29.4 Å². The van der Waals surface area contributed by atoms with Crippen LogP contribution in [0.1, 0.15) is 24.0 Å². The van der Waals surface area contributed by atoms with Gasteiger partial charge in [-0.25, -0.2) is 4.79 Å². The Labute approximate surface area is 180 Å². The lowest BCUT2D eigenvalue weighted by molar-refractivity contribution is -0.141. The molecule has 3 heterocycles. The molecular weight excluding hydrogens is 422 g/mol. The van der Waals surface area contributed by atoms with Crippen LogP contribution < -0.4 is 26.5 Å². The van der Waals surface area contributed by atoms with Crippen LogP contribution in [0.25, 0.3) is 0 Å². The average molecular weight is 441 g/mol. The topological polar surface area (TPSA) is 175 Å². The van der Waals surface area contributed by atoms with Gasteiger partial charge in [0, 0.05) is 17.3 Å². The monoisotopic (exact) mass is 441 g/mol. The van der Waals surface area contributed by atoms with Crippen LogP contribution in [-0.2, 0) is 31.1 Å². The number of fused-ring (bicyclic) bond motifs is 4. The number of hydrogen-bond donors (Lipinski definition) is 3. The second-order valence-electron chi connectivity index (χ2n) is 7.08. The first-order valence-electron chi connectivity index (χ1n) is 9.60. The summed E-state index contributed by atoms with van der Waals surface area (Å²) in [7, 11) is 0. The van der Waals surface area contributed by atoms with Gasteiger partial charge in [0.1, 0.15) is 24.5 Å². The Morgan fingerprint density at radius 1 is 1.25 bits per heavy atom. The van der Waals surface area contributed by atoms with Crippen LogP contribution in [0.3, 0.4) is 0 Å². The fraction of sp³-hybridized carbons (Fsp3) is 0.238. The fourth-order valence-electron chi connectivity index (χ4n) is 4.10. The molecule has 32 heavy (non-hydrogen) atoms. The highest BCUT2D eigenvalue weighted by Gasteiger charge is 2.63. The largest absolute Gasteiger partial charge is 0.462 e. The summed E-state index contributed by atoms with van der Waals surface area (Å²) in [6.07, 6.45) is 0. The third-order valence-corrected chi connectivity index (χ3v) is 5.24. The molecule has 0 radical (unpaired) electrons. The van der Waals surface area contributed by atoms with Gasteiger partial charge >= 0.3 is 5.97 Å². The number of anilines is 1. The van der Waals surface area contributed by atoms with Gasteiger partial charge in [-0.15, -0.1) is 0 Å². The van der Waals surface area contributed by atoms with Crippen molar-refractivity contribution < 1.29 is 33.4 Å². The number of aliphatic hydroxyl groups is 1. The van der Waals surface area contributed by atoms with E-state index < -0.39 is 59.0 Å². The maximum absolute atomic E-state index is 14.0. The van der Waals surface area contributed by atoms with Gasteiger partial charge in [-0.05, 0) is 13.0 Å². The van der Waals surface area contributed by atoms with Crippen molar-refractivity contribution in [3.05, 3.63) is 69.1 Å². The number of esters is 1. The lowest BCUT2D eigenvalue weighted by atomic mass is 9.71. The van der Waals surface area contributed by atoms with Crippen LogP contribution in [0, 0.1) is 0 Å². The molecule has 0 unspecified atom stereocenters. The van der Waals surface area contributed by atoms with E-state index in [0.29, 0.717) is 0 Å². The first kappa shape index (κ1) is 21.1. The summed E-state index contributed by atoms with van der Waals surface area (Å²) in [5, 5.41) is 9.58. The molecule has 1 atom stereocenters. The minimum absolute atomic E-state index is 0.0417. The fourth-order valence-corrected chi connectivity index (χ4v) is 4.10. The highest BCUT2D eigenvalue weighted by atomic mass is 16.5. The number of ether oxygens (including phenoxy) is 2. The summed E-state index contributed by atoms with van der Waals surface area (Å²) in [6, 6.07) is 7.29. The Morgan fingerprint density at radius 2 is 1.97 bits per heavy atom. The van der Waals surface area contributed by atoms with Crippen LogP contribution >= 0.6 is 0 Å². The molecule has 5 N–H and O–H groups in total. The number of benzene rings is 1. The van der Waals surface area contributed by atoms with E-state index in [1.165, 1.54) is 6.07 Å². The SMILES string of the molecule is CCOC(=O)C1=C(N)Oc2c(oc(CO)cc2=O)[C@]12C(=O)N(CC(N)=O)c1ccccc12. The number of carbonyl (C=O) groups is 3. The summed E-state index contributed by atoms with van der Waals surface area (Å²) in [4.78, 5) is 52.5. The molecule has 0 saturated carbocycles. The van der Waals surface area contributed by atoms with E-state index in [1.807, 2.05) is 0 Å². The van der Waals surface area contributed by atoms with E-state index >= 15 is 0 Å². The van der Waals surface area contributed by atoms with Crippen molar-refractivity contribution in [3.63, 3.8) is 0 Å². The van der Waals surface area contributed by atoms with Gasteiger partial charge < -0.3 is 35.4 Å². The zero-order chi connectivity index (χ0) is 23.2. The van der Waals surface area contributed by atoms with Crippen molar-refractivity contribution in [2.45, 2.75) is 18.9 Å². The quantitative estimate of drug-likeness (QED) is 0.510. The molecule has 1 spiro atoms. The lowest BCUT2D eigenvalue weighted by Gasteiger charge is -2.34. The van der Waals surface area contributed by atoms with Gasteiger partial charge in [-0.3, -0.25) is 14.4 Å². The van der Waals surface area contributed by atoms with Crippen LogP contribution in [0.5, 0.6) is 5.75 Å². The first-order valence-corrected chi connectivity index (χ1v) is 9.60. The van der Waals surface area contributed by atoms with Crippen molar-refractivity contribution in [2.24, 2.45) is 11.5 Å². The van der Waals surface area contributed by atoms with Crippen molar-refractivity contribution in [1.29, 1.82) is 0 Å². The van der Waals surface area contributed by atoms with Crippen molar-refractivity contribution >= 4 is 23.5 Å². The predicted molar refractivity (Wildman–Crippen MR) is 108 cm³/mol. The molecule has 166 valence electrons. The number of nitrogens with two attached hydrogens (primary N) is 2. The molecule has 11 nitrogen and oxygen atoms in total. The summed E-state index contributed by atoms with van der Waals surface area (Å²) >= 11 is 0. The third-order valence-electron chi connectivity index (χ3n) is 5.24. The summed E-state index contributed by atoms with van der Waals surface area (Å²) in [5.41, 5.74) is 8.64. The zero-order valence-corrected chi connectivity index (χ0v) is 16.9. The van der Waals surface area contributed by atoms with Gasteiger partial charge in [0.25, 0.3) is 5.91 Å². The second kappa shape index (κ2) is 7.54. The number of nitrogens with zero attached hydrogens (tertiary/aromatic N) is 1. The van der Waals surface area contributed by atoms with E-state index in [4.69, 9.17) is 25.4 Å². The van der Waals surface area contributed by atoms with Gasteiger partial charge in [-0.2, -0.15) is 0 Å². The van der Waals surface area contributed by atoms with Crippen molar-refractivity contribution in [1.82, 2.24) is 0 Å². The van der Waals surface area contributed by atoms with E-state index in [1.54, 1.807) is 25.1 Å². The number of carbonyl (C=O) groups excluding carboxylic acids is 3. The Morgan fingerprint density at radius 3 is 2.62 bits per heavy atom. The molecule has 2 amide bonds. The van der Waals surface area contributed by atoms with Gasteiger partial charge in [-0.1, -0.05) is 18.2 Å². The molecule has 11 heteroatoms. The molecule has 1 aromatic heterocycles. The van der Waals surface area contributed by atoms with E-state index in [9.17, 15) is 24.3 Å². The number of rotatable bonds is 5. The van der Waals surface area contributed by atoms with Crippen LogP contribution in [0.4, 0.5) is 5.69 Å². The second-order valence-corrected chi connectivity index (χ2v) is 7.08. The van der Waals surface area contributed by atoms with Gasteiger partial charge in [0.2, 0.25) is 23.0 Å². The minimum atomic E-state index is -2.10. The molecule has 4 rings (SSSR count).